The molecule has 0 aromatic heterocycles. The molecule has 0 aliphatic heterocycles. The molecule has 1 N–H and O–H groups in total. The molecule has 10 heavy (non-hydrogen) atoms. The van der Waals surface area contributed by atoms with Crippen molar-refractivity contribution in [1.29, 1.82) is 0 Å². The lowest BCUT2D eigenvalue weighted by Gasteiger charge is -1.96. The van der Waals surface area contributed by atoms with Crippen LogP contribution in [0.25, 0.3) is 0 Å². The molecule has 64 valence electrons. The fraction of sp³-hybridized carbons (Fsp3) is 0.857. The molecule has 0 aliphatic rings. The molecular formula is C7H18O3. The van der Waals surface area contributed by atoms with Gasteiger partial charge in [0.05, 0.1) is 6.61 Å². The number of ether oxygens (including phenoxy) is 1. The molecule has 0 unspecified atom stereocenters. The second-order valence-electron chi connectivity index (χ2n) is 1.30. The largest absolute Gasteiger partial charge is 0.463 e. The van der Waals surface area contributed by atoms with Crippen molar-refractivity contribution in [2.75, 3.05) is 13.2 Å². The maximum atomic E-state index is 10.2. The average molecular weight is 150 g/mol. The number of carbonyl (C=O) groups excluding carboxylic acids is 1. The third kappa shape index (κ3) is 10.4. The van der Waals surface area contributed by atoms with Crippen LogP contribution in [0.5, 0.6) is 0 Å². The van der Waals surface area contributed by atoms with Crippen molar-refractivity contribution < 1.29 is 14.6 Å². The van der Waals surface area contributed by atoms with E-state index >= 15 is 0 Å². The summed E-state index contributed by atoms with van der Waals surface area (Å²) in [7, 11) is 0. The normalized spacial score (nSPS) is 7.00. The molecule has 0 aromatic carbocycles. The SMILES string of the molecule is C.C.CCC(=O)OCCO. The van der Waals surface area contributed by atoms with Crippen LogP contribution < -0.4 is 0 Å². The van der Waals surface area contributed by atoms with E-state index in [0.29, 0.717) is 6.42 Å². The van der Waals surface area contributed by atoms with Gasteiger partial charge in [0.15, 0.2) is 0 Å². The first kappa shape index (κ1) is 16.2. The first-order valence-electron chi connectivity index (χ1n) is 2.57. The van der Waals surface area contributed by atoms with Crippen LogP contribution in [-0.2, 0) is 9.53 Å². The molecule has 0 amide bonds. The minimum absolute atomic E-state index is 0. The maximum absolute atomic E-state index is 10.2. The number of esters is 1. The predicted molar refractivity (Wildman–Crippen MR) is 41.8 cm³/mol. The Morgan fingerprint density at radius 3 is 2.30 bits per heavy atom. The molecule has 0 radical (unpaired) electrons. The Bertz CT molecular complexity index is 71.3. The van der Waals surface area contributed by atoms with E-state index in [4.69, 9.17) is 5.11 Å². The van der Waals surface area contributed by atoms with Gasteiger partial charge < -0.3 is 9.84 Å². The summed E-state index contributed by atoms with van der Waals surface area (Å²) in [6.07, 6.45) is 0.375. The van der Waals surface area contributed by atoms with Crippen LogP contribution in [0.3, 0.4) is 0 Å². The number of hydrogen-bond donors (Lipinski definition) is 1. The summed E-state index contributed by atoms with van der Waals surface area (Å²) in [5.74, 6) is -0.265. The fourth-order valence-corrected chi connectivity index (χ4v) is 0.262. The Balaban J connectivity index is -0.000000245. The topological polar surface area (TPSA) is 46.5 Å². The first-order chi connectivity index (χ1) is 3.81. The van der Waals surface area contributed by atoms with Gasteiger partial charge in [-0.3, -0.25) is 4.79 Å². The molecule has 0 heterocycles. The molecule has 0 saturated heterocycles. The van der Waals surface area contributed by atoms with Crippen molar-refractivity contribution in [3.8, 4) is 0 Å². The first-order valence-corrected chi connectivity index (χ1v) is 2.57. The van der Waals surface area contributed by atoms with Gasteiger partial charge in [-0.25, -0.2) is 0 Å². The summed E-state index contributed by atoms with van der Waals surface area (Å²) in [6.45, 7) is 1.73. The van der Waals surface area contributed by atoms with Crippen LogP contribution in [0.2, 0.25) is 0 Å². The Morgan fingerprint density at radius 2 is 2.00 bits per heavy atom. The molecule has 0 aromatic rings. The number of carbonyl (C=O) groups is 1. The molecule has 3 nitrogen and oxygen atoms in total. The predicted octanol–water partition coefficient (Wildman–Crippen LogP) is 1.20. The van der Waals surface area contributed by atoms with Crippen molar-refractivity contribution in [2.45, 2.75) is 28.2 Å². The Hall–Kier alpha value is -0.570. The smallest absolute Gasteiger partial charge is 0.305 e. The molecule has 0 saturated carbocycles. The van der Waals surface area contributed by atoms with E-state index in [0.717, 1.165) is 0 Å². The highest BCUT2D eigenvalue weighted by molar-refractivity contribution is 5.68. The van der Waals surface area contributed by atoms with Crippen LogP contribution in [-0.4, -0.2) is 24.3 Å². The number of hydrogen-bond acceptors (Lipinski definition) is 3. The van der Waals surface area contributed by atoms with E-state index in [9.17, 15) is 4.79 Å². The lowest BCUT2D eigenvalue weighted by atomic mass is 10.5. The summed E-state index contributed by atoms with van der Waals surface area (Å²) in [6, 6.07) is 0. The molecule has 0 bridgehead atoms. The highest BCUT2D eigenvalue weighted by Crippen LogP contribution is 1.81. The minimum atomic E-state index is -0.265. The summed E-state index contributed by atoms with van der Waals surface area (Å²) >= 11 is 0. The molecular weight excluding hydrogens is 132 g/mol. The van der Waals surface area contributed by atoms with Crippen LogP contribution in [0, 0.1) is 0 Å². The van der Waals surface area contributed by atoms with Crippen molar-refractivity contribution in [3.05, 3.63) is 0 Å². The third-order valence-electron chi connectivity index (χ3n) is 0.643. The monoisotopic (exact) mass is 150 g/mol. The Labute approximate surface area is 63.0 Å². The number of aliphatic hydroxyl groups excluding tert-OH is 1. The summed E-state index contributed by atoms with van der Waals surface area (Å²) in [5.41, 5.74) is 0. The summed E-state index contributed by atoms with van der Waals surface area (Å²) < 4.78 is 4.45. The Morgan fingerprint density at radius 1 is 1.50 bits per heavy atom. The average Bonchev–Trinajstić information content (AvgIpc) is 1.83. The van der Waals surface area contributed by atoms with Gasteiger partial charge in [0.25, 0.3) is 0 Å². The van der Waals surface area contributed by atoms with Crippen LogP contribution in [0.15, 0.2) is 0 Å². The van der Waals surface area contributed by atoms with E-state index in [1.165, 1.54) is 0 Å². The molecule has 3 heteroatoms. The van der Waals surface area contributed by atoms with E-state index in [2.05, 4.69) is 4.74 Å². The molecule has 0 spiro atoms. The highest BCUT2D eigenvalue weighted by Gasteiger charge is 1.93. The Kier molecular flexibility index (Phi) is 18.2. The lowest BCUT2D eigenvalue weighted by Crippen LogP contribution is -2.06. The number of rotatable bonds is 3. The molecule has 0 rings (SSSR count). The minimum Gasteiger partial charge on any atom is -0.463 e. The van der Waals surface area contributed by atoms with Gasteiger partial charge in [-0.05, 0) is 0 Å². The quantitative estimate of drug-likeness (QED) is 0.615. The van der Waals surface area contributed by atoms with E-state index in [1.54, 1.807) is 6.92 Å². The highest BCUT2D eigenvalue weighted by atomic mass is 16.5. The van der Waals surface area contributed by atoms with Crippen molar-refractivity contribution in [2.24, 2.45) is 0 Å². The zero-order chi connectivity index (χ0) is 6.41. The maximum Gasteiger partial charge on any atom is 0.305 e. The fourth-order valence-electron chi connectivity index (χ4n) is 0.262. The summed E-state index contributed by atoms with van der Waals surface area (Å²) in [4.78, 5) is 10.2. The summed E-state index contributed by atoms with van der Waals surface area (Å²) in [5, 5.41) is 8.13. The van der Waals surface area contributed by atoms with Gasteiger partial charge in [-0.1, -0.05) is 21.8 Å². The standard InChI is InChI=1S/C5H10O3.2CH4/c1-2-5(7)8-4-3-6;;/h6H,2-4H2,1H3;2*1H4. The van der Waals surface area contributed by atoms with Crippen LogP contribution >= 0.6 is 0 Å². The molecule has 0 fully saturated rings. The van der Waals surface area contributed by atoms with Crippen molar-refractivity contribution in [1.82, 2.24) is 0 Å². The lowest BCUT2D eigenvalue weighted by molar-refractivity contribution is -0.144. The van der Waals surface area contributed by atoms with E-state index < -0.39 is 0 Å². The van der Waals surface area contributed by atoms with Gasteiger partial charge in [0, 0.05) is 6.42 Å². The number of aliphatic hydroxyl groups is 1. The van der Waals surface area contributed by atoms with Gasteiger partial charge in [0.2, 0.25) is 0 Å². The zero-order valence-corrected chi connectivity index (χ0v) is 4.89. The van der Waals surface area contributed by atoms with Crippen molar-refractivity contribution >= 4 is 5.97 Å². The zero-order valence-electron chi connectivity index (χ0n) is 4.89. The molecule has 0 atom stereocenters. The van der Waals surface area contributed by atoms with E-state index in [1.807, 2.05) is 0 Å². The van der Waals surface area contributed by atoms with Gasteiger partial charge in [-0.15, -0.1) is 0 Å². The third-order valence-corrected chi connectivity index (χ3v) is 0.643. The second-order valence-corrected chi connectivity index (χ2v) is 1.30. The second kappa shape index (κ2) is 11.3. The van der Waals surface area contributed by atoms with E-state index in [-0.39, 0.29) is 34.0 Å². The van der Waals surface area contributed by atoms with Crippen molar-refractivity contribution in [3.63, 3.8) is 0 Å². The van der Waals surface area contributed by atoms with Gasteiger partial charge >= 0.3 is 5.97 Å². The van der Waals surface area contributed by atoms with Gasteiger partial charge in [0.1, 0.15) is 6.61 Å². The van der Waals surface area contributed by atoms with Crippen LogP contribution in [0.1, 0.15) is 28.2 Å². The van der Waals surface area contributed by atoms with Gasteiger partial charge in [-0.2, -0.15) is 0 Å². The molecule has 0 aliphatic carbocycles. The van der Waals surface area contributed by atoms with Crippen LogP contribution in [0.4, 0.5) is 0 Å².